The van der Waals surface area contributed by atoms with Crippen LogP contribution in [0.1, 0.15) is 22.5 Å². The number of amides is 2. The van der Waals surface area contributed by atoms with E-state index in [1.54, 1.807) is 17.0 Å². The molecule has 2 aromatic rings. The maximum Gasteiger partial charge on any atom is 0.263 e. The van der Waals surface area contributed by atoms with Crippen molar-refractivity contribution < 1.29 is 18.7 Å². The van der Waals surface area contributed by atoms with E-state index in [4.69, 9.17) is 4.74 Å². The van der Waals surface area contributed by atoms with E-state index in [-0.39, 0.29) is 17.6 Å². The lowest BCUT2D eigenvalue weighted by Gasteiger charge is -2.59. The number of hydrogen-bond acceptors (Lipinski definition) is 4. The van der Waals surface area contributed by atoms with Gasteiger partial charge in [-0.3, -0.25) is 9.59 Å². The van der Waals surface area contributed by atoms with E-state index in [1.807, 2.05) is 22.4 Å². The minimum atomic E-state index is -0.551. The van der Waals surface area contributed by atoms with E-state index in [1.165, 1.54) is 30.6 Å². The van der Waals surface area contributed by atoms with Crippen molar-refractivity contribution in [2.75, 3.05) is 25.1 Å². The normalized spacial score (nSPS) is 21.8. The summed E-state index contributed by atoms with van der Waals surface area (Å²) in [5.41, 5.74) is 0.0209. The van der Waals surface area contributed by atoms with Gasteiger partial charge in [-0.2, -0.15) is 0 Å². The molecular weight excluding hydrogens is 355 g/mol. The molecule has 0 saturated carbocycles. The number of ether oxygens (including phenoxy) is 1. The van der Waals surface area contributed by atoms with Crippen molar-refractivity contribution in [3.63, 3.8) is 0 Å². The Labute approximate surface area is 155 Å². The van der Waals surface area contributed by atoms with Crippen molar-refractivity contribution in [1.29, 1.82) is 0 Å². The molecule has 1 aromatic heterocycles. The van der Waals surface area contributed by atoms with Gasteiger partial charge in [-0.05, 0) is 42.5 Å². The summed E-state index contributed by atoms with van der Waals surface area (Å²) < 4.78 is 19.1. The molecule has 2 aliphatic rings. The number of hydrogen-bond donors (Lipinski definition) is 0. The number of nitrogens with zero attached hydrogens (tertiary/aromatic N) is 2. The summed E-state index contributed by atoms with van der Waals surface area (Å²) in [4.78, 5) is 29.3. The SMILES string of the molecule is COC1C(=O)N(c2cccc(F)c2)C12CCN(C(=O)c1cccs1)CC2. The third-order valence-corrected chi connectivity index (χ3v) is 6.19. The highest BCUT2D eigenvalue weighted by molar-refractivity contribution is 7.12. The van der Waals surface area contributed by atoms with Gasteiger partial charge in [0, 0.05) is 25.9 Å². The first-order chi connectivity index (χ1) is 12.6. The summed E-state index contributed by atoms with van der Waals surface area (Å²) in [6.45, 7) is 1.07. The predicted octanol–water partition coefficient (Wildman–Crippen LogP) is 2.92. The zero-order valence-electron chi connectivity index (χ0n) is 14.4. The van der Waals surface area contributed by atoms with Crippen molar-refractivity contribution in [3.05, 3.63) is 52.5 Å². The largest absolute Gasteiger partial charge is 0.369 e. The molecule has 136 valence electrons. The van der Waals surface area contributed by atoms with Gasteiger partial charge >= 0.3 is 0 Å². The topological polar surface area (TPSA) is 49.9 Å². The van der Waals surface area contributed by atoms with E-state index >= 15 is 0 Å². The summed E-state index contributed by atoms with van der Waals surface area (Å²) in [6, 6.07) is 9.74. The second-order valence-electron chi connectivity index (χ2n) is 6.64. The first-order valence-corrected chi connectivity index (χ1v) is 9.40. The van der Waals surface area contributed by atoms with Gasteiger partial charge in [0.15, 0.2) is 6.10 Å². The molecule has 3 heterocycles. The number of halogens is 1. The predicted molar refractivity (Wildman–Crippen MR) is 96.9 cm³/mol. The van der Waals surface area contributed by atoms with Crippen molar-refractivity contribution >= 4 is 28.8 Å². The van der Waals surface area contributed by atoms with Crippen LogP contribution in [0.15, 0.2) is 41.8 Å². The number of piperidine rings is 1. The average molecular weight is 374 g/mol. The molecule has 0 radical (unpaired) electrons. The molecule has 4 rings (SSSR count). The molecule has 1 aromatic carbocycles. The summed E-state index contributed by atoms with van der Waals surface area (Å²) in [5, 5.41) is 1.88. The molecule has 7 heteroatoms. The fraction of sp³-hybridized carbons (Fsp3) is 0.368. The first-order valence-electron chi connectivity index (χ1n) is 8.52. The first kappa shape index (κ1) is 17.2. The average Bonchev–Trinajstić information content (AvgIpc) is 3.17. The van der Waals surface area contributed by atoms with E-state index in [0.29, 0.717) is 31.6 Å². The second-order valence-corrected chi connectivity index (χ2v) is 7.59. The van der Waals surface area contributed by atoms with Crippen LogP contribution in [0, 0.1) is 5.82 Å². The van der Waals surface area contributed by atoms with Crippen molar-refractivity contribution in [2.24, 2.45) is 0 Å². The van der Waals surface area contributed by atoms with E-state index in [2.05, 4.69) is 0 Å². The molecule has 0 N–H and O–H groups in total. The number of likely N-dealkylation sites (tertiary alicyclic amines) is 1. The van der Waals surface area contributed by atoms with Gasteiger partial charge in [0.2, 0.25) is 0 Å². The van der Waals surface area contributed by atoms with Crippen LogP contribution in [0.5, 0.6) is 0 Å². The molecule has 2 saturated heterocycles. The molecule has 1 spiro atoms. The standard InChI is InChI=1S/C19H19FN2O3S/c1-25-16-18(24)22(14-5-2-4-13(20)12-14)19(16)7-9-21(10-8-19)17(23)15-6-3-11-26-15/h2-6,11-12,16H,7-10H2,1H3. The van der Waals surface area contributed by atoms with Gasteiger partial charge in [-0.15, -0.1) is 11.3 Å². The highest BCUT2D eigenvalue weighted by atomic mass is 32.1. The number of rotatable bonds is 3. The fourth-order valence-corrected chi connectivity index (χ4v) is 4.77. The number of carbonyl (C=O) groups excluding carboxylic acids is 2. The van der Waals surface area contributed by atoms with Crippen LogP contribution < -0.4 is 4.90 Å². The molecule has 5 nitrogen and oxygen atoms in total. The molecule has 0 bridgehead atoms. The number of thiophene rings is 1. The Morgan fingerprint density at radius 3 is 2.65 bits per heavy atom. The van der Waals surface area contributed by atoms with Crippen LogP contribution >= 0.6 is 11.3 Å². The minimum Gasteiger partial charge on any atom is -0.369 e. The van der Waals surface area contributed by atoms with E-state index in [0.717, 1.165) is 4.88 Å². The van der Waals surface area contributed by atoms with Crippen molar-refractivity contribution in [3.8, 4) is 0 Å². The van der Waals surface area contributed by atoms with Gasteiger partial charge in [0.05, 0.1) is 10.4 Å². The molecule has 1 atom stereocenters. The highest BCUT2D eigenvalue weighted by Gasteiger charge is 2.62. The molecule has 2 aliphatic heterocycles. The van der Waals surface area contributed by atoms with Gasteiger partial charge in [-0.25, -0.2) is 4.39 Å². The molecule has 26 heavy (non-hydrogen) atoms. The number of anilines is 1. The maximum absolute atomic E-state index is 13.7. The fourth-order valence-electron chi connectivity index (χ4n) is 4.08. The number of methoxy groups -OCH3 is 1. The Morgan fingerprint density at radius 1 is 1.27 bits per heavy atom. The third-order valence-electron chi connectivity index (χ3n) is 5.33. The van der Waals surface area contributed by atoms with Crippen LogP contribution in [-0.2, 0) is 9.53 Å². The molecule has 2 amide bonds. The molecule has 2 fully saturated rings. The molecule has 1 unspecified atom stereocenters. The van der Waals surface area contributed by atoms with Crippen LogP contribution in [0.25, 0.3) is 0 Å². The van der Waals surface area contributed by atoms with Crippen LogP contribution in [0.4, 0.5) is 10.1 Å². The van der Waals surface area contributed by atoms with Crippen LogP contribution in [0.2, 0.25) is 0 Å². The van der Waals surface area contributed by atoms with Crippen molar-refractivity contribution in [1.82, 2.24) is 4.90 Å². The zero-order chi connectivity index (χ0) is 18.3. The second kappa shape index (κ2) is 6.48. The van der Waals surface area contributed by atoms with Gasteiger partial charge in [0.1, 0.15) is 5.82 Å². The monoisotopic (exact) mass is 374 g/mol. The van der Waals surface area contributed by atoms with E-state index < -0.39 is 11.6 Å². The van der Waals surface area contributed by atoms with Gasteiger partial charge < -0.3 is 14.5 Å². The summed E-state index contributed by atoms with van der Waals surface area (Å²) in [6.07, 6.45) is 0.653. The van der Waals surface area contributed by atoms with Gasteiger partial charge in [0.25, 0.3) is 11.8 Å². The summed E-state index contributed by atoms with van der Waals surface area (Å²) >= 11 is 1.43. The lowest BCUT2D eigenvalue weighted by molar-refractivity contribution is -0.150. The Balaban J connectivity index is 1.56. The molecular formula is C19H19FN2O3S. The summed E-state index contributed by atoms with van der Waals surface area (Å²) in [5.74, 6) is -0.514. The smallest absolute Gasteiger partial charge is 0.263 e. The maximum atomic E-state index is 13.7. The Bertz CT molecular complexity index is 831. The number of β-lactam (4-membered cyclic amide) rings is 1. The Kier molecular flexibility index (Phi) is 4.28. The lowest BCUT2D eigenvalue weighted by Crippen LogP contribution is -2.78. The van der Waals surface area contributed by atoms with Crippen molar-refractivity contribution in [2.45, 2.75) is 24.5 Å². The summed E-state index contributed by atoms with van der Waals surface area (Å²) in [7, 11) is 1.52. The number of carbonyl (C=O) groups is 2. The zero-order valence-corrected chi connectivity index (χ0v) is 15.2. The number of benzene rings is 1. The van der Waals surface area contributed by atoms with Crippen LogP contribution in [0.3, 0.4) is 0 Å². The lowest BCUT2D eigenvalue weighted by atomic mass is 9.72. The Hall–Kier alpha value is -2.25. The third kappa shape index (κ3) is 2.54. The Morgan fingerprint density at radius 2 is 2.04 bits per heavy atom. The molecule has 0 aliphatic carbocycles. The quantitative estimate of drug-likeness (QED) is 0.777. The highest BCUT2D eigenvalue weighted by Crippen LogP contribution is 2.45. The van der Waals surface area contributed by atoms with Gasteiger partial charge in [-0.1, -0.05) is 12.1 Å². The minimum absolute atomic E-state index is 0.0202. The van der Waals surface area contributed by atoms with Crippen LogP contribution in [-0.4, -0.2) is 48.6 Å². The van der Waals surface area contributed by atoms with E-state index in [9.17, 15) is 14.0 Å².